The monoisotopic (exact) mass is 338 g/mol. The van der Waals surface area contributed by atoms with Gasteiger partial charge >= 0.3 is 0 Å². The molecule has 4 atom stereocenters. The van der Waals surface area contributed by atoms with E-state index in [1.54, 1.807) is 24.3 Å². The Hall–Kier alpha value is -2.80. The molecule has 3 heterocycles. The van der Waals surface area contributed by atoms with Gasteiger partial charge in [0.25, 0.3) is 5.69 Å². The highest BCUT2D eigenvalue weighted by Crippen LogP contribution is 2.50. The van der Waals surface area contributed by atoms with Crippen molar-refractivity contribution in [2.75, 3.05) is 4.90 Å². The second-order valence-corrected chi connectivity index (χ2v) is 6.76. The molecule has 3 aliphatic heterocycles. The fourth-order valence-electron chi connectivity index (χ4n) is 4.57. The molecule has 3 saturated heterocycles. The molecule has 2 aromatic rings. The van der Waals surface area contributed by atoms with Gasteiger partial charge in [0, 0.05) is 11.5 Å². The molecule has 3 aliphatic rings. The Morgan fingerprint density at radius 3 is 2.16 bits per heavy atom. The van der Waals surface area contributed by atoms with Crippen molar-refractivity contribution in [3.05, 3.63) is 46.5 Å². The van der Waals surface area contributed by atoms with E-state index in [1.165, 1.54) is 17.0 Å². The molecule has 0 aromatic heterocycles. The van der Waals surface area contributed by atoms with E-state index < -0.39 is 16.8 Å². The minimum atomic E-state index is -0.456. The maximum Gasteiger partial charge on any atom is 0.277 e. The molecular formula is C18H14N2O5. The number of nitro benzene ring substituents is 1. The summed E-state index contributed by atoms with van der Waals surface area (Å²) in [4.78, 5) is 37.9. The SMILES string of the molecule is O=C1[C@@H]2[C@H](C(=O)N1c1ccc([N+](=O)[O-])c3ccccc13)[C@@H]1CC[C@H]2O1. The lowest BCUT2D eigenvalue weighted by Crippen LogP contribution is -2.34. The summed E-state index contributed by atoms with van der Waals surface area (Å²) in [5.74, 6) is -1.33. The van der Waals surface area contributed by atoms with Crippen LogP contribution < -0.4 is 4.90 Å². The third-order valence-electron chi connectivity index (χ3n) is 5.60. The predicted octanol–water partition coefficient (Wildman–Crippen LogP) is 2.41. The van der Waals surface area contributed by atoms with Gasteiger partial charge in [-0.2, -0.15) is 0 Å². The first-order valence-corrected chi connectivity index (χ1v) is 8.27. The van der Waals surface area contributed by atoms with Crippen molar-refractivity contribution >= 4 is 34.0 Å². The van der Waals surface area contributed by atoms with Crippen molar-refractivity contribution in [1.82, 2.24) is 0 Å². The average Bonchev–Trinajstić information content (AvgIpc) is 3.28. The molecule has 2 aromatic carbocycles. The van der Waals surface area contributed by atoms with Crippen LogP contribution in [0.4, 0.5) is 11.4 Å². The number of anilines is 1. The third-order valence-corrected chi connectivity index (χ3v) is 5.60. The van der Waals surface area contributed by atoms with Crippen LogP contribution in [0.25, 0.3) is 10.8 Å². The number of hydrogen-bond donors (Lipinski definition) is 0. The highest BCUT2D eigenvalue weighted by atomic mass is 16.6. The van der Waals surface area contributed by atoms with Crippen LogP contribution in [-0.4, -0.2) is 28.9 Å². The Bertz CT molecular complexity index is 928. The number of rotatable bonds is 2. The topological polar surface area (TPSA) is 89.8 Å². The number of carbonyl (C=O) groups excluding carboxylic acids is 2. The maximum absolute atomic E-state index is 12.9. The number of benzene rings is 2. The maximum atomic E-state index is 12.9. The van der Waals surface area contributed by atoms with Crippen LogP contribution >= 0.6 is 0 Å². The van der Waals surface area contributed by atoms with E-state index in [2.05, 4.69) is 0 Å². The fourth-order valence-corrected chi connectivity index (χ4v) is 4.57. The number of nitrogens with zero attached hydrogens (tertiary/aromatic N) is 2. The van der Waals surface area contributed by atoms with Crippen molar-refractivity contribution < 1.29 is 19.2 Å². The van der Waals surface area contributed by atoms with Crippen molar-refractivity contribution in [1.29, 1.82) is 0 Å². The van der Waals surface area contributed by atoms with Crippen LogP contribution in [-0.2, 0) is 14.3 Å². The van der Waals surface area contributed by atoms with Crippen molar-refractivity contribution in [2.24, 2.45) is 11.8 Å². The number of fused-ring (bicyclic) bond motifs is 6. The molecule has 126 valence electrons. The zero-order valence-corrected chi connectivity index (χ0v) is 13.1. The predicted molar refractivity (Wildman–Crippen MR) is 88.0 cm³/mol. The molecule has 0 aliphatic carbocycles. The van der Waals surface area contributed by atoms with E-state index in [9.17, 15) is 19.7 Å². The molecule has 0 spiro atoms. The van der Waals surface area contributed by atoms with E-state index >= 15 is 0 Å². The van der Waals surface area contributed by atoms with Crippen LogP contribution in [0.3, 0.4) is 0 Å². The number of imide groups is 1. The zero-order valence-electron chi connectivity index (χ0n) is 13.1. The van der Waals surface area contributed by atoms with E-state index in [0.29, 0.717) is 16.5 Å². The summed E-state index contributed by atoms with van der Waals surface area (Å²) in [6.07, 6.45) is 1.25. The first kappa shape index (κ1) is 14.5. The number of non-ortho nitro benzene ring substituents is 1. The second kappa shape index (κ2) is 4.86. The van der Waals surface area contributed by atoms with Gasteiger partial charge in [-0.15, -0.1) is 0 Å². The lowest BCUT2D eigenvalue weighted by atomic mass is 9.81. The molecule has 2 amide bonds. The number of nitro groups is 1. The average molecular weight is 338 g/mol. The van der Waals surface area contributed by atoms with Gasteiger partial charge in [-0.25, -0.2) is 4.90 Å². The number of hydrogen-bond acceptors (Lipinski definition) is 5. The first-order chi connectivity index (χ1) is 12.1. The van der Waals surface area contributed by atoms with E-state index in [4.69, 9.17) is 4.74 Å². The van der Waals surface area contributed by atoms with Crippen molar-refractivity contribution in [3.63, 3.8) is 0 Å². The fraction of sp³-hybridized carbons (Fsp3) is 0.333. The molecule has 3 fully saturated rings. The summed E-state index contributed by atoms with van der Waals surface area (Å²) in [7, 11) is 0. The van der Waals surface area contributed by atoms with Crippen molar-refractivity contribution in [3.8, 4) is 0 Å². The standard InChI is InChI=1S/C18H14N2O5/c21-17-15-13-7-8-14(25-13)16(15)18(22)19(17)11-5-6-12(20(23)24)10-4-2-1-3-9(10)11/h1-6,13-16H,7-8H2/t13-,14+,15+,16-. The zero-order chi connectivity index (χ0) is 17.3. The molecule has 7 heteroatoms. The number of carbonyl (C=O) groups is 2. The Labute approximate surface area is 142 Å². The van der Waals surface area contributed by atoms with Gasteiger partial charge in [-0.3, -0.25) is 19.7 Å². The quantitative estimate of drug-likeness (QED) is 0.476. The second-order valence-electron chi connectivity index (χ2n) is 6.76. The molecule has 25 heavy (non-hydrogen) atoms. The van der Waals surface area contributed by atoms with Crippen LogP contribution in [0.1, 0.15) is 12.8 Å². The summed E-state index contributed by atoms with van der Waals surface area (Å²) in [6.45, 7) is 0. The molecular weight excluding hydrogens is 324 g/mol. The lowest BCUT2D eigenvalue weighted by Gasteiger charge is -2.19. The van der Waals surface area contributed by atoms with Gasteiger partial charge in [0.1, 0.15) is 0 Å². The first-order valence-electron chi connectivity index (χ1n) is 8.27. The Balaban J connectivity index is 1.67. The highest BCUT2D eigenvalue weighted by Gasteiger charge is 2.62. The van der Waals surface area contributed by atoms with E-state index in [1.807, 2.05) is 0 Å². The summed E-state index contributed by atoms with van der Waals surface area (Å²) in [5.41, 5.74) is 0.382. The normalized spacial score (nSPS) is 30.3. The molecule has 5 rings (SSSR count). The summed E-state index contributed by atoms with van der Waals surface area (Å²) in [5, 5.41) is 12.2. The summed E-state index contributed by atoms with van der Waals surface area (Å²) in [6, 6.07) is 9.65. The van der Waals surface area contributed by atoms with Gasteiger partial charge in [-0.1, -0.05) is 18.2 Å². The molecule has 2 bridgehead atoms. The van der Waals surface area contributed by atoms with E-state index in [-0.39, 0.29) is 29.7 Å². The lowest BCUT2D eigenvalue weighted by molar-refractivity contribution is -0.383. The molecule has 7 nitrogen and oxygen atoms in total. The number of ether oxygens (including phenoxy) is 1. The van der Waals surface area contributed by atoms with Crippen LogP contribution in [0.15, 0.2) is 36.4 Å². The van der Waals surface area contributed by atoms with Gasteiger partial charge in [0.2, 0.25) is 11.8 Å². The summed E-state index contributed by atoms with van der Waals surface area (Å²) >= 11 is 0. The molecule has 0 saturated carbocycles. The van der Waals surface area contributed by atoms with Gasteiger partial charge in [0.15, 0.2) is 0 Å². The Morgan fingerprint density at radius 1 is 0.960 bits per heavy atom. The molecule has 0 unspecified atom stereocenters. The van der Waals surface area contributed by atoms with Gasteiger partial charge < -0.3 is 4.74 Å². The minimum absolute atomic E-state index is 0.0398. The molecule has 0 radical (unpaired) electrons. The minimum Gasteiger partial charge on any atom is -0.373 e. The Morgan fingerprint density at radius 2 is 1.56 bits per heavy atom. The van der Waals surface area contributed by atoms with Crippen LogP contribution in [0, 0.1) is 22.0 Å². The third kappa shape index (κ3) is 1.78. The summed E-state index contributed by atoms with van der Waals surface area (Å²) < 4.78 is 5.74. The van der Waals surface area contributed by atoms with E-state index in [0.717, 1.165) is 12.8 Å². The van der Waals surface area contributed by atoms with Gasteiger partial charge in [0.05, 0.1) is 40.0 Å². The largest absolute Gasteiger partial charge is 0.373 e. The number of amides is 2. The Kier molecular flexibility index (Phi) is 2.82. The van der Waals surface area contributed by atoms with Crippen LogP contribution in [0.2, 0.25) is 0 Å². The smallest absolute Gasteiger partial charge is 0.277 e. The van der Waals surface area contributed by atoms with Gasteiger partial charge in [-0.05, 0) is 25.0 Å². The van der Waals surface area contributed by atoms with Crippen LogP contribution in [0.5, 0.6) is 0 Å². The molecule has 0 N–H and O–H groups in total. The highest BCUT2D eigenvalue weighted by molar-refractivity contribution is 6.26. The van der Waals surface area contributed by atoms with Crippen molar-refractivity contribution in [2.45, 2.75) is 25.0 Å².